The fourth-order valence-electron chi connectivity index (χ4n) is 3.56. The molecule has 11 heteroatoms. The minimum atomic E-state index is -1.85. The molecule has 10 nitrogen and oxygen atoms in total. The smallest absolute Gasteiger partial charge is 0.259 e. The number of anilines is 2. The summed E-state index contributed by atoms with van der Waals surface area (Å²) < 4.78 is 19.4. The van der Waals surface area contributed by atoms with Gasteiger partial charge >= 0.3 is 0 Å². The number of pyridine rings is 1. The number of amides is 2. The second kappa shape index (κ2) is 8.81. The van der Waals surface area contributed by atoms with Crippen molar-refractivity contribution in [2.24, 2.45) is 5.73 Å². The van der Waals surface area contributed by atoms with Gasteiger partial charge in [0.1, 0.15) is 11.7 Å². The number of amidine groups is 1. The number of benzene rings is 2. The first-order valence-electron chi connectivity index (χ1n) is 9.93. The molecule has 2 atom stereocenters. The Morgan fingerprint density at radius 3 is 2.76 bits per heavy atom. The van der Waals surface area contributed by atoms with Gasteiger partial charge in [0.2, 0.25) is 5.56 Å². The van der Waals surface area contributed by atoms with E-state index in [1.807, 2.05) is 0 Å². The zero-order valence-corrected chi connectivity index (χ0v) is 17.2. The number of morpholine rings is 1. The van der Waals surface area contributed by atoms with Crippen molar-refractivity contribution in [2.75, 3.05) is 23.4 Å². The minimum absolute atomic E-state index is 0.0187. The maximum atomic E-state index is 14.0. The van der Waals surface area contributed by atoms with E-state index in [2.05, 4.69) is 10.3 Å². The van der Waals surface area contributed by atoms with E-state index in [-0.39, 0.29) is 30.0 Å². The molecule has 0 radical (unpaired) electrons. The van der Waals surface area contributed by atoms with Crippen LogP contribution in [0.3, 0.4) is 0 Å². The summed E-state index contributed by atoms with van der Waals surface area (Å²) in [5.41, 5.74) is 6.03. The highest BCUT2D eigenvalue weighted by Gasteiger charge is 2.39. The first kappa shape index (κ1) is 22.1. The number of aromatic nitrogens is 1. The standard InChI is InChI=1S/C22H20FN5O5/c23-15-10-12(2-4-14(15)20(24)25)26-21(31)18(30)19-22(32)28(7-8-33-19)13-3-5-16-11(9-13)1-6-17(29)27-16/h1-6,9-10,18-19,30H,7-8H2,(H3,24,25)(H,26,31)(H,27,29)/t18-,19-/m1/s1. The van der Waals surface area contributed by atoms with E-state index < -0.39 is 35.7 Å². The van der Waals surface area contributed by atoms with Gasteiger partial charge in [0.05, 0.1) is 12.2 Å². The van der Waals surface area contributed by atoms with E-state index in [1.54, 1.807) is 24.3 Å². The van der Waals surface area contributed by atoms with Gasteiger partial charge in [-0.25, -0.2) is 4.39 Å². The Morgan fingerprint density at radius 2 is 2.03 bits per heavy atom. The lowest BCUT2D eigenvalue weighted by Crippen LogP contribution is -2.55. The lowest BCUT2D eigenvalue weighted by atomic mass is 10.1. The predicted molar refractivity (Wildman–Crippen MR) is 119 cm³/mol. The maximum Gasteiger partial charge on any atom is 0.259 e. The topological polar surface area (TPSA) is 162 Å². The summed E-state index contributed by atoms with van der Waals surface area (Å²) in [5, 5.41) is 20.8. The molecule has 1 saturated heterocycles. The highest BCUT2D eigenvalue weighted by molar-refractivity contribution is 6.04. The van der Waals surface area contributed by atoms with Gasteiger partial charge in [-0.05, 0) is 42.5 Å². The van der Waals surface area contributed by atoms with Gasteiger partial charge in [0.15, 0.2) is 12.2 Å². The number of nitrogens with one attached hydrogen (secondary N) is 3. The average Bonchev–Trinajstić information content (AvgIpc) is 2.78. The molecule has 1 fully saturated rings. The van der Waals surface area contributed by atoms with Crippen LogP contribution in [-0.2, 0) is 14.3 Å². The number of hydrogen-bond acceptors (Lipinski definition) is 6. The lowest BCUT2D eigenvalue weighted by Gasteiger charge is -2.34. The number of nitrogens with zero attached hydrogens (tertiary/aromatic N) is 1. The fourth-order valence-corrected chi connectivity index (χ4v) is 3.56. The van der Waals surface area contributed by atoms with Gasteiger partial charge in [0.25, 0.3) is 11.8 Å². The summed E-state index contributed by atoms with van der Waals surface area (Å²) in [6.45, 7) is 0.280. The molecule has 1 aliphatic rings. The monoisotopic (exact) mass is 453 g/mol. The van der Waals surface area contributed by atoms with Crippen LogP contribution in [0.5, 0.6) is 0 Å². The number of rotatable bonds is 5. The molecule has 0 unspecified atom stereocenters. The first-order chi connectivity index (χ1) is 15.7. The van der Waals surface area contributed by atoms with Gasteiger partial charge < -0.3 is 30.8 Å². The van der Waals surface area contributed by atoms with E-state index >= 15 is 0 Å². The molecule has 2 heterocycles. The summed E-state index contributed by atoms with van der Waals surface area (Å²) >= 11 is 0. The predicted octanol–water partition coefficient (Wildman–Crippen LogP) is 0.683. The second-order valence-electron chi connectivity index (χ2n) is 7.42. The Morgan fingerprint density at radius 1 is 1.24 bits per heavy atom. The highest BCUT2D eigenvalue weighted by Crippen LogP contribution is 2.24. The molecule has 1 aliphatic heterocycles. The van der Waals surface area contributed by atoms with Gasteiger partial charge in [0, 0.05) is 34.9 Å². The van der Waals surface area contributed by atoms with E-state index in [0.717, 1.165) is 6.07 Å². The molecule has 0 bridgehead atoms. The van der Waals surface area contributed by atoms with E-state index in [4.69, 9.17) is 15.9 Å². The summed E-state index contributed by atoms with van der Waals surface area (Å²) in [4.78, 5) is 41.0. The van der Waals surface area contributed by atoms with Crippen molar-refractivity contribution in [3.05, 3.63) is 70.3 Å². The maximum absolute atomic E-state index is 14.0. The highest BCUT2D eigenvalue weighted by atomic mass is 19.1. The van der Waals surface area contributed by atoms with Crippen molar-refractivity contribution in [3.8, 4) is 0 Å². The Bertz CT molecular complexity index is 1320. The number of nitrogen functional groups attached to an aromatic ring is 1. The zero-order chi connectivity index (χ0) is 23.7. The van der Waals surface area contributed by atoms with E-state index in [0.29, 0.717) is 16.6 Å². The van der Waals surface area contributed by atoms with Crippen molar-refractivity contribution in [3.63, 3.8) is 0 Å². The van der Waals surface area contributed by atoms with Crippen molar-refractivity contribution in [1.29, 1.82) is 5.41 Å². The normalized spacial score (nSPS) is 17.1. The van der Waals surface area contributed by atoms with Crippen molar-refractivity contribution in [2.45, 2.75) is 12.2 Å². The van der Waals surface area contributed by atoms with Crippen LogP contribution in [0.4, 0.5) is 15.8 Å². The van der Waals surface area contributed by atoms with Gasteiger partial charge in [-0.1, -0.05) is 0 Å². The van der Waals surface area contributed by atoms with Crippen LogP contribution in [0.1, 0.15) is 5.56 Å². The molecule has 6 N–H and O–H groups in total. The minimum Gasteiger partial charge on any atom is -0.384 e. The second-order valence-corrected chi connectivity index (χ2v) is 7.42. The molecule has 3 aromatic rings. The number of carbonyl (C=O) groups excluding carboxylic acids is 2. The number of hydrogen-bond donors (Lipinski definition) is 5. The van der Waals surface area contributed by atoms with E-state index in [1.165, 1.54) is 23.1 Å². The van der Waals surface area contributed by atoms with Crippen molar-refractivity contribution >= 4 is 39.9 Å². The molecular weight excluding hydrogens is 433 g/mol. The van der Waals surface area contributed by atoms with Crippen LogP contribution in [0.25, 0.3) is 10.9 Å². The quantitative estimate of drug-likeness (QED) is 0.282. The molecule has 2 aromatic carbocycles. The Labute approximate surface area is 186 Å². The molecule has 33 heavy (non-hydrogen) atoms. The average molecular weight is 453 g/mol. The SMILES string of the molecule is N=C(N)c1ccc(NC(=O)[C@H](O)[C@H]2OCCN(c3ccc4[nH]c(=O)ccc4c3)C2=O)cc1F. The van der Waals surface area contributed by atoms with Crippen LogP contribution in [0.15, 0.2) is 53.3 Å². The van der Waals surface area contributed by atoms with Gasteiger partial charge in [-0.3, -0.25) is 19.8 Å². The Kier molecular flexibility index (Phi) is 5.90. The third-order valence-electron chi connectivity index (χ3n) is 5.22. The van der Waals surface area contributed by atoms with Crippen LogP contribution >= 0.6 is 0 Å². The Balaban J connectivity index is 1.50. The van der Waals surface area contributed by atoms with Crippen LogP contribution in [0, 0.1) is 11.2 Å². The lowest BCUT2D eigenvalue weighted by molar-refractivity contribution is -0.150. The molecule has 2 amide bonds. The van der Waals surface area contributed by atoms with Gasteiger partial charge in [-0.2, -0.15) is 0 Å². The van der Waals surface area contributed by atoms with E-state index in [9.17, 15) is 23.9 Å². The number of aliphatic hydroxyl groups is 1. The first-order valence-corrected chi connectivity index (χ1v) is 9.93. The third-order valence-corrected chi connectivity index (χ3v) is 5.22. The number of nitrogens with two attached hydrogens (primary N) is 1. The molecule has 0 aliphatic carbocycles. The number of halogens is 1. The van der Waals surface area contributed by atoms with Crippen molar-refractivity contribution in [1.82, 2.24) is 4.98 Å². The number of carbonyl (C=O) groups is 2. The fraction of sp³-hybridized carbons (Fsp3) is 0.182. The molecular formula is C22H20FN5O5. The number of ether oxygens (including phenoxy) is 1. The summed E-state index contributed by atoms with van der Waals surface area (Å²) in [6.07, 6.45) is -3.32. The molecule has 170 valence electrons. The molecule has 0 spiro atoms. The number of fused-ring (bicyclic) bond motifs is 1. The summed E-state index contributed by atoms with van der Waals surface area (Å²) in [6, 6.07) is 11.5. The molecule has 4 rings (SSSR count). The number of H-pyrrole nitrogens is 1. The Hall–Kier alpha value is -4.09. The number of aliphatic hydroxyl groups excluding tert-OH is 1. The summed E-state index contributed by atoms with van der Waals surface area (Å²) in [7, 11) is 0. The van der Waals surface area contributed by atoms with Crippen LogP contribution in [-0.4, -0.2) is 53.1 Å². The van der Waals surface area contributed by atoms with Crippen LogP contribution in [0.2, 0.25) is 0 Å². The number of aromatic amines is 1. The van der Waals surface area contributed by atoms with Crippen LogP contribution < -0.4 is 21.5 Å². The summed E-state index contributed by atoms with van der Waals surface area (Å²) in [5.74, 6) is -2.86. The third kappa shape index (κ3) is 4.45. The molecule has 0 saturated carbocycles. The zero-order valence-electron chi connectivity index (χ0n) is 17.2. The largest absolute Gasteiger partial charge is 0.384 e. The molecule has 1 aromatic heterocycles. The van der Waals surface area contributed by atoms with Crippen molar-refractivity contribution < 1.29 is 23.8 Å². The van der Waals surface area contributed by atoms with Gasteiger partial charge in [-0.15, -0.1) is 0 Å².